The summed E-state index contributed by atoms with van der Waals surface area (Å²) in [7, 11) is 0. The summed E-state index contributed by atoms with van der Waals surface area (Å²) in [6, 6.07) is 25.7. The molecule has 0 N–H and O–H groups in total. The molecule has 6 nitrogen and oxygen atoms in total. The van der Waals surface area contributed by atoms with E-state index in [2.05, 4.69) is 0 Å². The Balaban J connectivity index is 1.35. The van der Waals surface area contributed by atoms with Crippen molar-refractivity contribution in [1.82, 2.24) is 10.0 Å². The fourth-order valence-electron chi connectivity index (χ4n) is 6.56. The van der Waals surface area contributed by atoms with E-state index < -0.39 is 36.1 Å². The van der Waals surface area contributed by atoms with Gasteiger partial charge in [-0.25, -0.2) is 5.01 Å². The molecule has 1 aliphatic heterocycles. The predicted molar refractivity (Wildman–Crippen MR) is 147 cm³/mol. The number of benzene rings is 3. The number of hydrogen-bond acceptors (Lipinski definition) is 5. The van der Waals surface area contributed by atoms with E-state index in [4.69, 9.17) is 11.6 Å². The van der Waals surface area contributed by atoms with Crippen LogP contribution in [0.1, 0.15) is 54.1 Å². The van der Waals surface area contributed by atoms with Crippen molar-refractivity contribution in [2.45, 2.75) is 11.8 Å². The molecule has 0 saturated carbocycles. The highest BCUT2D eigenvalue weighted by Gasteiger charge is 2.63. The Bertz CT molecular complexity index is 1570. The number of Topliss-reactive ketones (excluding diaryl/α,β-unsaturated/α-hetero) is 1. The summed E-state index contributed by atoms with van der Waals surface area (Å²) < 4.78 is 0. The Kier molecular flexibility index (Phi) is 5.54. The predicted octanol–water partition coefficient (Wildman–Crippen LogP) is 5.53. The van der Waals surface area contributed by atoms with Crippen molar-refractivity contribution >= 4 is 46.4 Å². The van der Waals surface area contributed by atoms with Crippen LogP contribution in [0.4, 0.5) is 0 Å². The van der Waals surface area contributed by atoms with Gasteiger partial charge in [-0.1, -0.05) is 78.3 Å². The number of rotatable bonds is 5. The summed E-state index contributed by atoms with van der Waals surface area (Å²) in [5.74, 6) is -3.97. The van der Waals surface area contributed by atoms with Gasteiger partial charge in [0.1, 0.15) is 6.54 Å². The molecule has 39 heavy (non-hydrogen) atoms. The van der Waals surface area contributed by atoms with Gasteiger partial charge in [0.2, 0.25) is 0 Å². The van der Waals surface area contributed by atoms with Crippen molar-refractivity contribution in [3.8, 4) is 0 Å². The Morgan fingerprint density at radius 1 is 0.744 bits per heavy atom. The zero-order chi connectivity index (χ0) is 26.8. The van der Waals surface area contributed by atoms with Gasteiger partial charge in [-0.3, -0.25) is 19.2 Å². The maximum absolute atomic E-state index is 14.3. The summed E-state index contributed by atoms with van der Waals surface area (Å²) >= 11 is 7.60. The van der Waals surface area contributed by atoms with Crippen molar-refractivity contribution in [3.63, 3.8) is 0 Å². The molecule has 8 rings (SSSR count). The molecule has 192 valence electrons. The minimum Gasteiger partial charge on any atom is -0.291 e. The Morgan fingerprint density at radius 3 is 1.74 bits per heavy atom. The first kappa shape index (κ1) is 24.0. The van der Waals surface area contributed by atoms with Gasteiger partial charge in [0.15, 0.2) is 5.78 Å². The SMILES string of the molecule is O=C(CN(C(=O)c1ccccc1Cl)N1C(=O)[C@H]2C3c4ccccc4C(c4ccccc43)[C@@H]2C1=O)c1cccs1. The van der Waals surface area contributed by atoms with E-state index in [0.29, 0.717) is 4.88 Å². The largest absolute Gasteiger partial charge is 0.291 e. The topological polar surface area (TPSA) is 74.8 Å². The third-order valence-corrected chi connectivity index (χ3v) is 9.34. The molecule has 1 saturated heterocycles. The second-order valence-electron chi connectivity index (χ2n) is 10.00. The van der Waals surface area contributed by atoms with Crippen LogP contribution in [0.3, 0.4) is 0 Å². The molecule has 1 fully saturated rings. The lowest BCUT2D eigenvalue weighted by molar-refractivity contribution is -0.154. The molecule has 1 aromatic heterocycles. The molecule has 4 aliphatic rings. The first-order valence-electron chi connectivity index (χ1n) is 12.7. The summed E-state index contributed by atoms with van der Waals surface area (Å²) in [6.07, 6.45) is 0. The fraction of sp³-hybridized carbons (Fsp3) is 0.161. The zero-order valence-electron chi connectivity index (χ0n) is 20.5. The van der Waals surface area contributed by atoms with E-state index in [-0.39, 0.29) is 28.2 Å². The highest BCUT2D eigenvalue weighted by Crippen LogP contribution is 2.61. The Morgan fingerprint density at radius 2 is 1.26 bits per heavy atom. The second-order valence-corrected chi connectivity index (χ2v) is 11.4. The van der Waals surface area contributed by atoms with Crippen molar-refractivity contribution in [2.75, 3.05) is 6.54 Å². The first-order valence-corrected chi connectivity index (χ1v) is 13.9. The number of carbonyl (C=O) groups excluding carboxylic acids is 4. The smallest absolute Gasteiger partial charge is 0.274 e. The van der Waals surface area contributed by atoms with E-state index >= 15 is 0 Å². The summed E-state index contributed by atoms with van der Waals surface area (Å²) in [4.78, 5) is 56.1. The maximum Gasteiger partial charge on any atom is 0.274 e. The summed E-state index contributed by atoms with van der Waals surface area (Å²) in [5, 5.41) is 3.87. The lowest BCUT2D eigenvalue weighted by atomic mass is 9.55. The van der Waals surface area contributed by atoms with Crippen LogP contribution in [-0.4, -0.2) is 40.1 Å². The van der Waals surface area contributed by atoms with E-state index in [9.17, 15) is 19.2 Å². The van der Waals surface area contributed by atoms with Crippen molar-refractivity contribution in [3.05, 3.63) is 128 Å². The molecule has 0 spiro atoms. The van der Waals surface area contributed by atoms with Crippen LogP contribution in [0.2, 0.25) is 5.02 Å². The van der Waals surface area contributed by atoms with Crippen molar-refractivity contribution < 1.29 is 19.2 Å². The standard InChI is InChI=1S/C31H21ClN2O4S/c32-22-13-6-5-12-21(22)29(36)33(16-23(35)24-14-7-15-39-24)34-30(37)27-25-17-8-1-2-9-18(17)26(28(27)31(34)38)20-11-4-3-10-19(20)25/h1-15,25-28H,16H2/t25?,26?,27-,28-/m0/s1. The van der Waals surface area contributed by atoms with Gasteiger partial charge in [-0.2, -0.15) is 5.01 Å². The molecule has 0 radical (unpaired) electrons. The monoisotopic (exact) mass is 552 g/mol. The number of hydrogen-bond donors (Lipinski definition) is 0. The lowest BCUT2D eigenvalue weighted by Gasteiger charge is -2.45. The quantitative estimate of drug-likeness (QED) is 0.241. The van der Waals surface area contributed by atoms with Crippen LogP contribution in [0.5, 0.6) is 0 Å². The zero-order valence-corrected chi connectivity index (χ0v) is 22.1. The van der Waals surface area contributed by atoms with Gasteiger partial charge in [0.05, 0.1) is 27.3 Å². The van der Waals surface area contributed by atoms with Crippen LogP contribution >= 0.6 is 22.9 Å². The van der Waals surface area contributed by atoms with Crippen LogP contribution < -0.4 is 0 Å². The molecule has 2 heterocycles. The molecule has 3 aromatic carbocycles. The van der Waals surface area contributed by atoms with E-state index in [0.717, 1.165) is 32.3 Å². The van der Waals surface area contributed by atoms with E-state index in [1.807, 2.05) is 48.5 Å². The number of ketones is 1. The highest BCUT2D eigenvalue weighted by atomic mass is 35.5. The molecular weight excluding hydrogens is 532 g/mol. The number of amides is 3. The minimum atomic E-state index is -0.675. The number of thiophene rings is 1. The molecular formula is C31H21ClN2O4S. The lowest BCUT2D eigenvalue weighted by Crippen LogP contribution is -2.52. The van der Waals surface area contributed by atoms with Crippen LogP contribution in [0, 0.1) is 11.8 Å². The van der Waals surface area contributed by atoms with Gasteiger partial charge in [-0.15, -0.1) is 11.3 Å². The van der Waals surface area contributed by atoms with Gasteiger partial charge >= 0.3 is 0 Å². The Hall–Kier alpha value is -4.07. The van der Waals surface area contributed by atoms with E-state index in [1.54, 1.807) is 35.7 Å². The minimum absolute atomic E-state index is 0.114. The van der Waals surface area contributed by atoms with Gasteiger partial charge in [-0.05, 0) is 45.8 Å². The second kappa shape index (κ2) is 9.00. The van der Waals surface area contributed by atoms with Crippen LogP contribution in [0.15, 0.2) is 90.3 Å². The third-order valence-electron chi connectivity index (χ3n) is 8.09. The number of imide groups is 1. The normalized spacial score (nSPS) is 22.3. The number of hydrazine groups is 1. The number of halogens is 1. The summed E-state index contributed by atoms with van der Waals surface area (Å²) in [6.45, 7) is -0.462. The maximum atomic E-state index is 14.3. The fourth-order valence-corrected chi connectivity index (χ4v) is 7.43. The molecule has 4 aromatic rings. The molecule has 3 amide bonds. The summed E-state index contributed by atoms with van der Waals surface area (Å²) in [5.41, 5.74) is 4.24. The molecule has 2 atom stereocenters. The van der Waals surface area contributed by atoms with Crippen molar-refractivity contribution in [2.24, 2.45) is 11.8 Å². The van der Waals surface area contributed by atoms with Crippen LogP contribution in [0.25, 0.3) is 0 Å². The van der Waals surface area contributed by atoms with E-state index in [1.165, 1.54) is 17.4 Å². The number of carbonyl (C=O) groups is 4. The Labute approximate surface area is 233 Å². The molecule has 3 aliphatic carbocycles. The molecule has 8 heteroatoms. The van der Waals surface area contributed by atoms with Crippen molar-refractivity contribution in [1.29, 1.82) is 0 Å². The number of nitrogens with zero attached hydrogens (tertiary/aromatic N) is 2. The molecule has 0 unspecified atom stereocenters. The average Bonchev–Trinajstić information content (AvgIpc) is 3.59. The highest BCUT2D eigenvalue weighted by molar-refractivity contribution is 7.12. The third kappa shape index (κ3) is 3.46. The van der Waals surface area contributed by atoms with Gasteiger partial charge in [0.25, 0.3) is 17.7 Å². The average molecular weight is 553 g/mol. The molecule has 2 bridgehead atoms. The first-order chi connectivity index (χ1) is 19.0. The van der Waals surface area contributed by atoms with Gasteiger partial charge < -0.3 is 0 Å². The van der Waals surface area contributed by atoms with Crippen LogP contribution in [-0.2, 0) is 9.59 Å². The van der Waals surface area contributed by atoms with Gasteiger partial charge in [0, 0.05) is 11.8 Å².